The third kappa shape index (κ3) is 4.20. The van der Waals surface area contributed by atoms with Crippen LogP contribution in [0, 0.1) is 11.8 Å². The zero-order chi connectivity index (χ0) is 16.1. The molecule has 0 aromatic rings. The van der Waals surface area contributed by atoms with Gasteiger partial charge in [0.25, 0.3) is 0 Å². The van der Waals surface area contributed by atoms with Gasteiger partial charge >= 0.3 is 11.9 Å². The summed E-state index contributed by atoms with van der Waals surface area (Å²) in [6.07, 6.45) is 4.70. The van der Waals surface area contributed by atoms with Crippen molar-refractivity contribution in [1.82, 2.24) is 0 Å². The Balaban J connectivity index is 1.74. The van der Waals surface area contributed by atoms with Gasteiger partial charge in [0.05, 0.1) is 19.3 Å². The number of aliphatic hydroxyl groups is 1. The van der Waals surface area contributed by atoms with Crippen LogP contribution in [0.15, 0.2) is 0 Å². The first-order valence-electron chi connectivity index (χ1n) is 8.05. The molecule has 2 fully saturated rings. The van der Waals surface area contributed by atoms with Crippen LogP contribution in [0.4, 0.5) is 0 Å². The zero-order valence-electron chi connectivity index (χ0n) is 13.3. The van der Waals surface area contributed by atoms with Crippen molar-refractivity contribution in [2.75, 3.05) is 13.7 Å². The van der Waals surface area contributed by atoms with Gasteiger partial charge in [-0.2, -0.15) is 0 Å². The van der Waals surface area contributed by atoms with E-state index >= 15 is 0 Å². The minimum Gasteiger partial charge on any atom is -0.469 e. The summed E-state index contributed by atoms with van der Waals surface area (Å²) in [5, 5.41) is 9.59. The van der Waals surface area contributed by atoms with Crippen LogP contribution >= 0.6 is 0 Å². The lowest BCUT2D eigenvalue weighted by Crippen LogP contribution is -2.28. The molecular weight excluding hydrogens is 288 g/mol. The fourth-order valence-electron chi connectivity index (χ4n) is 3.75. The summed E-state index contributed by atoms with van der Waals surface area (Å²) < 4.78 is 16.0. The van der Waals surface area contributed by atoms with Crippen molar-refractivity contribution >= 4 is 11.9 Å². The lowest BCUT2D eigenvalue weighted by atomic mass is 9.90. The Labute approximate surface area is 131 Å². The van der Waals surface area contributed by atoms with Gasteiger partial charge in [-0.15, -0.1) is 0 Å². The van der Waals surface area contributed by atoms with E-state index in [4.69, 9.17) is 9.47 Å². The molecule has 1 saturated heterocycles. The van der Waals surface area contributed by atoms with Crippen LogP contribution in [0.5, 0.6) is 0 Å². The maximum Gasteiger partial charge on any atom is 0.305 e. The van der Waals surface area contributed by atoms with Crippen molar-refractivity contribution in [2.24, 2.45) is 11.8 Å². The summed E-state index contributed by atoms with van der Waals surface area (Å²) in [4.78, 5) is 22.2. The van der Waals surface area contributed by atoms with E-state index in [0.29, 0.717) is 12.8 Å². The number of fused-ring (bicyclic) bond motifs is 1. The Hall–Kier alpha value is -1.14. The SMILES string of the molecule is COC(=O)CCCC[C@H]1C[C@@H]2[C@H](CO)[C@H](OC(C)=O)C[C@@H]2O1. The highest BCUT2D eigenvalue weighted by Gasteiger charge is 2.50. The molecule has 2 aliphatic rings. The highest BCUT2D eigenvalue weighted by atomic mass is 16.6. The molecule has 1 aliphatic carbocycles. The first-order chi connectivity index (χ1) is 10.5. The second kappa shape index (κ2) is 7.92. The molecule has 0 radical (unpaired) electrons. The van der Waals surface area contributed by atoms with Crippen LogP contribution in [0.3, 0.4) is 0 Å². The van der Waals surface area contributed by atoms with E-state index in [2.05, 4.69) is 4.74 Å². The largest absolute Gasteiger partial charge is 0.469 e. The van der Waals surface area contributed by atoms with Gasteiger partial charge in [0.15, 0.2) is 0 Å². The maximum atomic E-state index is 11.1. The predicted molar refractivity (Wildman–Crippen MR) is 78.0 cm³/mol. The Morgan fingerprint density at radius 3 is 2.68 bits per heavy atom. The van der Waals surface area contributed by atoms with Crippen LogP contribution in [0.25, 0.3) is 0 Å². The van der Waals surface area contributed by atoms with Gasteiger partial charge in [-0.1, -0.05) is 6.42 Å². The number of hydrogen-bond donors (Lipinski definition) is 1. The van der Waals surface area contributed by atoms with Crippen molar-refractivity contribution in [3.8, 4) is 0 Å². The van der Waals surface area contributed by atoms with Crippen molar-refractivity contribution in [3.05, 3.63) is 0 Å². The predicted octanol–water partition coefficient (Wildman–Crippen LogP) is 1.44. The van der Waals surface area contributed by atoms with Crippen molar-refractivity contribution < 1.29 is 28.9 Å². The second-order valence-corrected chi connectivity index (χ2v) is 6.25. The number of carbonyl (C=O) groups excluding carboxylic acids is 2. The smallest absolute Gasteiger partial charge is 0.305 e. The minimum absolute atomic E-state index is 0.0195. The molecule has 5 atom stereocenters. The van der Waals surface area contributed by atoms with Gasteiger partial charge in [0, 0.05) is 32.3 Å². The molecule has 2 rings (SSSR count). The molecular formula is C16H26O6. The number of rotatable bonds is 7. The molecule has 0 amide bonds. The van der Waals surface area contributed by atoms with Gasteiger partial charge in [-0.05, 0) is 25.2 Å². The third-order valence-electron chi connectivity index (χ3n) is 4.78. The Bertz CT molecular complexity index is 396. The van der Waals surface area contributed by atoms with E-state index in [0.717, 1.165) is 25.7 Å². The molecule has 1 saturated carbocycles. The summed E-state index contributed by atoms with van der Waals surface area (Å²) in [6, 6.07) is 0. The van der Waals surface area contributed by atoms with E-state index in [-0.39, 0.29) is 48.7 Å². The highest BCUT2D eigenvalue weighted by Crippen LogP contribution is 2.45. The van der Waals surface area contributed by atoms with Crippen molar-refractivity contribution in [3.63, 3.8) is 0 Å². The lowest BCUT2D eigenvalue weighted by molar-refractivity contribution is -0.149. The van der Waals surface area contributed by atoms with Crippen LogP contribution in [0.1, 0.15) is 45.4 Å². The second-order valence-electron chi connectivity index (χ2n) is 6.25. The van der Waals surface area contributed by atoms with Crippen molar-refractivity contribution in [1.29, 1.82) is 0 Å². The molecule has 0 aromatic heterocycles. The molecule has 1 aliphatic heterocycles. The summed E-state index contributed by atoms with van der Waals surface area (Å²) in [7, 11) is 1.40. The normalized spacial score (nSPS) is 33.5. The zero-order valence-corrected chi connectivity index (χ0v) is 13.3. The maximum absolute atomic E-state index is 11.1. The first-order valence-corrected chi connectivity index (χ1v) is 8.05. The average molecular weight is 314 g/mol. The van der Waals surface area contributed by atoms with Crippen LogP contribution in [0.2, 0.25) is 0 Å². The summed E-state index contributed by atoms with van der Waals surface area (Å²) in [6.45, 7) is 1.42. The van der Waals surface area contributed by atoms with Gasteiger partial charge < -0.3 is 19.3 Å². The number of esters is 2. The monoisotopic (exact) mass is 314 g/mol. The van der Waals surface area contributed by atoms with E-state index in [1.165, 1.54) is 14.0 Å². The molecule has 126 valence electrons. The topological polar surface area (TPSA) is 82.1 Å². The molecule has 0 bridgehead atoms. The third-order valence-corrected chi connectivity index (χ3v) is 4.78. The van der Waals surface area contributed by atoms with Gasteiger partial charge in [0.1, 0.15) is 6.10 Å². The lowest BCUT2D eigenvalue weighted by Gasteiger charge is -2.21. The summed E-state index contributed by atoms with van der Waals surface area (Å²) >= 11 is 0. The van der Waals surface area contributed by atoms with E-state index < -0.39 is 0 Å². The fraction of sp³-hybridized carbons (Fsp3) is 0.875. The number of carbonyl (C=O) groups is 2. The Morgan fingerprint density at radius 2 is 2.05 bits per heavy atom. The number of unbranched alkanes of at least 4 members (excludes halogenated alkanes) is 1. The van der Waals surface area contributed by atoms with Crippen LogP contribution in [-0.4, -0.2) is 49.1 Å². The Kier molecular flexibility index (Phi) is 6.20. The van der Waals surface area contributed by atoms with Gasteiger partial charge in [-0.3, -0.25) is 9.59 Å². The van der Waals surface area contributed by atoms with Crippen LogP contribution < -0.4 is 0 Å². The molecule has 6 nitrogen and oxygen atoms in total. The summed E-state index contributed by atoms with van der Waals surface area (Å²) in [5.74, 6) is -0.231. The van der Waals surface area contributed by atoms with E-state index in [1.54, 1.807) is 0 Å². The Morgan fingerprint density at radius 1 is 1.27 bits per heavy atom. The quantitative estimate of drug-likeness (QED) is 0.565. The molecule has 0 spiro atoms. The molecule has 1 N–H and O–H groups in total. The molecule has 22 heavy (non-hydrogen) atoms. The van der Waals surface area contributed by atoms with Crippen LogP contribution in [-0.2, 0) is 23.8 Å². The molecule has 1 heterocycles. The average Bonchev–Trinajstić information content (AvgIpc) is 2.99. The van der Waals surface area contributed by atoms with Gasteiger partial charge in [-0.25, -0.2) is 0 Å². The molecule has 6 heteroatoms. The van der Waals surface area contributed by atoms with Gasteiger partial charge in [0.2, 0.25) is 0 Å². The standard InChI is InChI=1S/C16H26O6/c1-10(18)21-15-8-14-12(13(15)9-17)7-11(22-14)5-3-4-6-16(19)20-2/h11-15,17H,3-9H2,1-2H3/t11-,12+,13-,14-,15+/m0/s1. The number of ether oxygens (including phenoxy) is 3. The number of hydrogen-bond acceptors (Lipinski definition) is 6. The van der Waals surface area contributed by atoms with E-state index in [1.807, 2.05) is 0 Å². The fourth-order valence-corrected chi connectivity index (χ4v) is 3.75. The van der Waals surface area contributed by atoms with E-state index in [9.17, 15) is 14.7 Å². The first kappa shape index (κ1) is 17.2. The molecule has 0 aromatic carbocycles. The highest BCUT2D eigenvalue weighted by molar-refractivity contribution is 5.69. The number of aliphatic hydroxyl groups excluding tert-OH is 1. The molecule has 0 unspecified atom stereocenters. The van der Waals surface area contributed by atoms with Crippen molar-refractivity contribution in [2.45, 2.75) is 63.8 Å². The summed E-state index contributed by atoms with van der Waals surface area (Å²) in [5.41, 5.74) is 0. The number of methoxy groups -OCH3 is 1. The minimum atomic E-state index is -0.303.